The number of benzene rings is 1. The van der Waals surface area contributed by atoms with E-state index < -0.39 is 5.97 Å². The van der Waals surface area contributed by atoms with E-state index in [1.54, 1.807) is 37.6 Å². The molecule has 0 saturated carbocycles. The zero-order valence-electron chi connectivity index (χ0n) is 19.1. The molecule has 7 heteroatoms. The first-order valence-corrected chi connectivity index (χ1v) is 10.7. The highest BCUT2D eigenvalue weighted by Crippen LogP contribution is 2.26. The Balaban J connectivity index is 1.57. The van der Waals surface area contributed by atoms with Crippen LogP contribution in [0.1, 0.15) is 45.1 Å². The maximum Gasteiger partial charge on any atom is 0.339 e. The van der Waals surface area contributed by atoms with Gasteiger partial charge in [-0.1, -0.05) is 18.2 Å². The highest BCUT2D eigenvalue weighted by molar-refractivity contribution is 6.06. The SMILES string of the molecule is COCC(C)n1c(C)cc(C(=O)COC(=O)c2cc(-c3ccco3)nc3ccccc23)c1C. The summed E-state index contributed by atoms with van der Waals surface area (Å²) in [7, 11) is 1.65. The Morgan fingerprint density at radius 2 is 1.88 bits per heavy atom. The number of fused-ring (bicyclic) bond motifs is 1. The quantitative estimate of drug-likeness (QED) is 0.275. The maximum atomic E-state index is 13.0. The number of aromatic nitrogens is 2. The summed E-state index contributed by atoms with van der Waals surface area (Å²) < 4.78 is 18.2. The summed E-state index contributed by atoms with van der Waals surface area (Å²) in [4.78, 5) is 30.5. The van der Waals surface area contributed by atoms with Gasteiger partial charge in [0.05, 0.1) is 30.0 Å². The molecule has 33 heavy (non-hydrogen) atoms. The molecule has 3 heterocycles. The second-order valence-corrected chi connectivity index (χ2v) is 8.01. The molecule has 0 aliphatic heterocycles. The fourth-order valence-corrected chi connectivity index (χ4v) is 4.23. The molecule has 1 atom stereocenters. The minimum absolute atomic E-state index is 0.0855. The Morgan fingerprint density at radius 1 is 1.09 bits per heavy atom. The van der Waals surface area contributed by atoms with Crippen molar-refractivity contribution in [3.8, 4) is 11.5 Å². The van der Waals surface area contributed by atoms with E-state index in [0.717, 1.165) is 11.4 Å². The minimum atomic E-state index is -0.587. The number of hydrogen-bond donors (Lipinski definition) is 0. The Kier molecular flexibility index (Phi) is 6.42. The van der Waals surface area contributed by atoms with Crippen LogP contribution in [0, 0.1) is 13.8 Å². The summed E-state index contributed by atoms with van der Waals surface area (Å²) in [5.41, 5.74) is 3.81. The van der Waals surface area contributed by atoms with E-state index in [-0.39, 0.29) is 18.4 Å². The molecular weight excluding hydrogens is 420 g/mol. The van der Waals surface area contributed by atoms with Crippen molar-refractivity contribution < 1.29 is 23.5 Å². The molecule has 0 spiro atoms. The Hall–Kier alpha value is -3.71. The molecule has 0 N–H and O–H groups in total. The van der Waals surface area contributed by atoms with Crippen LogP contribution in [0.5, 0.6) is 0 Å². The third-order valence-electron chi connectivity index (χ3n) is 5.68. The summed E-state index contributed by atoms with van der Waals surface area (Å²) in [5, 5.41) is 0.650. The fourth-order valence-electron chi connectivity index (χ4n) is 4.23. The predicted molar refractivity (Wildman–Crippen MR) is 125 cm³/mol. The average Bonchev–Trinajstić information content (AvgIpc) is 3.44. The number of pyridine rings is 1. The van der Waals surface area contributed by atoms with Gasteiger partial charge >= 0.3 is 5.97 Å². The Morgan fingerprint density at radius 3 is 2.61 bits per heavy atom. The number of carbonyl (C=O) groups is 2. The number of nitrogens with zero attached hydrogens (tertiary/aromatic N) is 2. The molecule has 0 fully saturated rings. The van der Waals surface area contributed by atoms with E-state index in [4.69, 9.17) is 13.9 Å². The number of methoxy groups -OCH3 is 1. The van der Waals surface area contributed by atoms with Crippen LogP contribution < -0.4 is 0 Å². The van der Waals surface area contributed by atoms with Gasteiger partial charge in [-0.05, 0) is 51.1 Å². The number of Topliss-reactive ketones (excluding diaryl/α,β-unsaturated/α-hetero) is 1. The molecule has 0 radical (unpaired) electrons. The molecule has 4 aromatic rings. The van der Waals surface area contributed by atoms with Gasteiger partial charge in [0.1, 0.15) is 5.69 Å². The first-order valence-electron chi connectivity index (χ1n) is 10.7. The van der Waals surface area contributed by atoms with Crippen LogP contribution in [0.15, 0.2) is 59.2 Å². The Bertz CT molecular complexity index is 1300. The van der Waals surface area contributed by atoms with E-state index in [9.17, 15) is 9.59 Å². The standard InChI is InChI=1S/C26H26N2O5/c1-16-12-20(18(3)28(16)17(2)14-31-4)24(29)15-33-26(30)21-13-23(25-10-7-11-32-25)27-22-9-6-5-8-19(21)22/h5-13,17H,14-15H2,1-4H3. The fraction of sp³-hybridized carbons (Fsp3) is 0.269. The molecule has 0 saturated heterocycles. The van der Waals surface area contributed by atoms with E-state index in [2.05, 4.69) is 9.55 Å². The van der Waals surface area contributed by atoms with Crippen LogP contribution in [0.3, 0.4) is 0 Å². The van der Waals surface area contributed by atoms with Gasteiger partial charge in [0.15, 0.2) is 12.4 Å². The first kappa shape index (κ1) is 22.5. The van der Waals surface area contributed by atoms with E-state index in [0.29, 0.717) is 40.1 Å². The summed E-state index contributed by atoms with van der Waals surface area (Å²) in [6.07, 6.45) is 1.55. The number of aryl methyl sites for hydroxylation is 1. The molecule has 0 aliphatic rings. The lowest BCUT2D eigenvalue weighted by Crippen LogP contribution is -2.17. The highest BCUT2D eigenvalue weighted by atomic mass is 16.5. The first-order chi connectivity index (χ1) is 15.9. The monoisotopic (exact) mass is 446 g/mol. The van der Waals surface area contributed by atoms with Crippen molar-refractivity contribution >= 4 is 22.7 Å². The summed E-state index contributed by atoms with van der Waals surface area (Å²) >= 11 is 0. The van der Waals surface area contributed by atoms with E-state index >= 15 is 0 Å². The summed E-state index contributed by atoms with van der Waals surface area (Å²) in [6.45, 7) is 6.05. The van der Waals surface area contributed by atoms with Gasteiger partial charge in [-0.15, -0.1) is 0 Å². The summed E-state index contributed by atoms with van der Waals surface area (Å²) in [6, 6.07) is 14.4. The van der Waals surface area contributed by atoms with Crippen LogP contribution in [-0.2, 0) is 9.47 Å². The lowest BCUT2D eigenvalue weighted by Gasteiger charge is -2.17. The van der Waals surface area contributed by atoms with Crippen molar-refractivity contribution in [3.63, 3.8) is 0 Å². The van der Waals surface area contributed by atoms with Crippen LogP contribution in [0.25, 0.3) is 22.4 Å². The zero-order valence-corrected chi connectivity index (χ0v) is 19.1. The number of rotatable bonds is 8. The van der Waals surface area contributed by atoms with Crippen LogP contribution in [-0.4, -0.2) is 41.6 Å². The topological polar surface area (TPSA) is 83.6 Å². The third-order valence-corrected chi connectivity index (χ3v) is 5.68. The molecular formula is C26H26N2O5. The van der Waals surface area contributed by atoms with Crippen molar-refractivity contribution in [3.05, 3.63) is 77.3 Å². The number of carbonyl (C=O) groups excluding carboxylic acids is 2. The molecule has 0 amide bonds. The van der Waals surface area contributed by atoms with Crippen molar-refractivity contribution in [1.82, 2.24) is 9.55 Å². The van der Waals surface area contributed by atoms with Crippen molar-refractivity contribution in [2.45, 2.75) is 26.8 Å². The van der Waals surface area contributed by atoms with Gasteiger partial charge in [-0.25, -0.2) is 9.78 Å². The molecule has 1 aromatic carbocycles. The lowest BCUT2D eigenvalue weighted by atomic mass is 10.1. The third kappa shape index (κ3) is 4.45. The highest BCUT2D eigenvalue weighted by Gasteiger charge is 2.21. The molecule has 3 aromatic heterocycles. The molecule has 0 aliphatic carbocycles. The van der Waals surface area contributed by atoms with E-state index in [1.165, 1.54) is 0 Å². The lowest BCUT2D eigenvalue weighted by molar-refractivity contribution is 0.0476. The smallest absolute Gasteiger partial charge is 0.339 e. The van der Waals surface area contributed by atoms with Gasteiger partial charge < -0.3 is 18.5 Å². The van der Waals surface area contributed by atoms with Crippen LogP contribution in [0.2, 0.25) is 0 Å². The molecule has 1 unspecified atom stereocenters. The Labute approximate surface area is 191 Å². The number of hydrogen-bond acceptors (Lipinski definition) is 6. The van der Waals surface area contributed by atoms with Crippen molar-refractivity contribution in [1.29, 1.82) is 0 Å². The number of esters is 1. The van der Waals surface area contributed by atoms with Gasteiger partial charge in [0.25, 0.3) is 0 Å². The van der Waals surface area contributed by atoms with Gasteiger partial charge in [-0.2, -0.15) is 0 Å². The zero-order chi connectivity index (χ0) is 23.5. The molecule has 4 rings (SSSR count). The minimum Gasteiger partial charge on any atom is -0.463 e. The van der Waals surface area contributed by atoms with Gasteiger partial charge in [0, 0.05) is 29.4 Å². The molecule has 7 nitrogen and oxygen atoms in total. The predicted octanol–water partition coefficient (Wildman–Crippen LogP) is 5.16. The maximum absolute atomic E-state index is 13.0. The van der Waals surface area contributed by atoms with Crippen molar-refractivity contribution in [2.75, 3.05) is 20.3 Å². The van der Waals surface area contributed by atoms with Crippen molar-refractivity contribution in [2.24, 2.45) is 0 Å². The van der Waals surface area contributed by atoms with Gasteiger partial charge in [0.2, 0.25) is 5.78 Å². The van der Waals surface area contributed by atoms with Crippen LogP contribution >= 0.6 is 0 Å². The number of ketones is 1. The number of furan rings is 1. The van der Waals surface area contributed by atoms with Crippen LogP contribution in [0.4, 0.5) is 0 Å². The molecule has 170 valence electrons. The number of para-hydroxylation sites is 1. The molecule has 0 bridgehead atoms. The second-order valence-electron chi connectivity index (χ2n) is 8.01. The normalized spacial score (nSPS) is 12.1. The van der Waals surface area contributed by atoms with E-state index in [1.807, 2.05) is 45.0 Å². The van der Waals surface area contributed by atoms with Gasteiger partial charge in [-0.3, -0.25) is 4.79 Å². The largest absolute Gasteiger partial charge is 0.463 e. The number of ether oxygens (including phenoxy) is 2. The average molecular weight is 447 g/mol. The second kappa shape index (κ2) is 9.42. The summed E-state index contributed by atoms with van der Waals surface area (Å²) in [5.74, 6) is -0.295.